The van der Waals surface area contributed by atoms with Gasteiger partial charge in [-0.2, -0.15) is 0 Å². The molecule has 0 aliphatic rings. The van der Waals surface area contributed by atoms with Crippen LogP contribution in [0.4, 0.5) is 11.4 Å². The summed E-state index contributed by atoms with van der Waals surface area (Å²) < 4.78 is 26.0. The molecule has 0 saturated carbocycles. The van der Waals surface area contributed by atoms with Crippen molar-refractivity contribution >= 4 is 27.3 Å². The van der Waals surface area contributed by atoms with Gasteiger partial charge in [-0.05, 0) is 42.0 Å². The lowest BCUT2D eigenvalue weighted by atomic mass is 10.0. The van der Waals surface area contributed by atoms with Crippen LogP contribution < -0.4 is 9.62 Å². The van der Waals surface area contributed by atoms with E-state index in [4.69, 9.17) is 0 Å². The van der Waals surface area contributed by atoms with Gasteiger partial charge in [0.1, 0.15) is 6.54 Å². The van der Waals surface area contributed by atoms with Gasteiger partial charge >= 0.3 is 0 Å². The number of sulfonamides is 1. The number of hydrogen-bond donors (Lipinski definition) is 1. The van der Waals surface area contributed by atoms with Crippen molar-refractivity contribution in [1.29, 1.82) is 0 Å². The first-order valence-corrected chi connectivity index (χ1v) is 10.9. The maximum atomic E-state index is 12.7. The number of anilines is 2. The highest BCUT2D eigenvalue weighted by molar-refractivity contribution is 7.92. The van der Waals surface area contributed by atoms with E-state index < -0.39 is 10.0 Å². The van der Waals surface area contributed by atoms with Crippen LogP contribution in [0.15, 0.2) is 42.5 Å². The van der Waals surface area contributed by atoms with Crippen molar-refractivity contribution in [2.45, 2.75) is 40.0 Å². The second-order valence-corrected chi connectivity index (χ2v) is 8.90. The third kappa shape index (κ3) is 5.10. The van der Waals surface area contributed by atoms with Crippen molar-refractivity contribution < 1.29 is 13.2 Å². The van der Waals surface area contributed by atoms with Gasteiger partial charge in [-0.25, -0.2) is 8.42 Å². The summed E-state index contributed by atoms with van der Waals surface area (Å²) in [6.07, 6.45) is 1.91. The first-order valence-electron chi connectivity index (χ1n) is 9.10. The topological polar surface area (TPSA) is 66.5 Å². The highest BCUT2D eigenvalue weighted by Crippen LogP contribution is 2.29. The van der Waals surface area contributed by atoms with E-state index in [-0.39, 0.29) is 18.4 Å². The van der Waals surface area contributed by atoms with Gasteiger partial charge < -0.3 is 5.32 Å². The zero-order valence-electron chi connectivity index (χ0n) is 16.6. The average molecular weight is 389 g/mol. The molecule has 0 saturated heterocycles. The number of benzene rings is 2. The zero-order chi connectivity index (χ0) is 20.2. The maximum Gasteiger partial charge on any atom is 0.245 e. The van der Waals surface area contributed by atoms with Crippen molar-refractivity contribution in [3.05, 3.63) is 59.2 Å². The summed E-state index contributed by atoms with van der Waals surface area (Å²) in [5.41, 5.74) is 4.18. The second-order valence-electron chi connectivity index (χ2n) is 6.99. The molecule has 2 aromatic carbocycles. The van der Waals surface area contributed by atoms with Gasteiger partial charge in [0.05, 0.1) is 11.9 Å². The number of hydrogen-bond acceptors (Lipinski definition) is 3. The third-order valence-electron chi connectivity index (χ3n) is 4.52. The molecule has 27 heavy (non-hydrogen) atoms. The lowest BCUT2D eigenvalue weighted by molar-refractivity contribution is -0.114. The van der Waals surface area contributed by atoms with Gasteiger partial charge in [-0.3, -0.25) is 9.10 Å². The van der Waals surface area contributed by atoms with Crippen LogP contribution >= 0.6 is 0 Å². The molecule has 0 spiro atoms. The third-order valence-corrected chi connectivity index (χ3v) is 5.65. The standard InChI is InChI=1S/C21H28N2O3S/c1-6-17-11-9-10-16(4)21(17)22-20(24)14-23(27(5,25)26)19-13-8-7-12-18(19)15(2)3/h7-13,15H,6,14H2,1-5H3,(H,22,24). The van der Waals surface area contributed by atoms with Crippen molar-refractivity contribution in [2.75, 3.05) is 22.4 Å². The largest absolute Gasteiger partial charge is 0.324 e. The van der Waals surface area contributed by atoms with E-state index in [0.717, 1.165) is 35.1 Å². The summed E-state index contributed by atoms with van der Waals surface area (Å²) in [4.78, 5) is 12.7. The maximum absolute atomic E-state index is 12.7. The first kappa shape index (κ1) is 21.0. The van der Waals surface area contributed by atoms with E-state index in [9.17, 15) is 13.2 Å². The van der Waals surface area contributed by atoms with E-state index in [0.29, 0.717) is 5.69 Å². The summed E-state index contributed by atoms with van der Waals surface area (Å²) in [5, 5.41) is 2.91. The number of carbonyl (C=O) groups excluding carboxylic acids is 1. The van der Waals surface area contributed by atoms with Crippen LogP contribution in [0.2, 0.25) is 0 Å². The van der Waals surface area contributed by atoms with Gasteiger partial charge in [-0.15, -0.1) is 0 Å². The monoisotopic (exact) mass is 388 g/mol. The minimum Gasteiger partial charge on any atom is -0.324 e. The molecule has 0 atom stereocenters. The molecule has 0 unspecified atom stereocenters. The number of nitrogens with zero attached hydrogens (tertiary/aromatic N) is 1. The van der Waals surface area contributed by atoms with E-state index >= 15 is 0 Å². The normalized spacial score (nSPS) is 11.5. The molecule has 0 fully saturated rings. The molecular weight excluding hydrogens is 360 g/mol. The number of carbonyl (C=O) groups is 1. The van der Waals surface area contributed by atoms with E-state index in [2.05, 4.69) is 5.32 Å². The fourth-order valence-corrected chi connectivity index (χ4v) is 3.97. The van der Waals surface area contributed by atoms with Crippen LogP contribution in [0.3, 0.4) is 0 Å². The summed E-state index contributed by atoms with van der Waals surface area (Å²) in [6, 6.07) is 13.1. The average Bonchev–Trinajstić information content (AvgIpc) is 2.60. The Bertz CT molecular complexity index is 921. The molecule has 0 radical (unpaired) electrons. The Labute approximate surface area is 162 Å². The van der Waals surface area contributed by atoms with Gasteiger partial charge in [0.25, 0.3) is 0 Å². The minimum absolute atomic E-state index is 0.136. The molecule has 2 aromatic rings. The quantitative estimate of drug-likeness (QED) is 0.777. The molecule has 1 amide bonds. The number of para-hydroxylation sites is 2. The summed E-state index contributed by atoms with van der Waals surface area (Å²) in [5.74, 6) is -0.223. The Morgan fingerprint density at radius 1 is 1.11 bits per heavy atom. The SMILES string of the molecule is CCc1cccc(C)c1NC(=O)CN(c1ccccc1C(C)C)S(C)(=O)=O. The predicted molar refractivity (Wildman–Crippen MR) is 112 cm³/mol. The smallest absolute Gasteiger partial charge is 0.245 e. The molecule has 0 heterocycles. The molecule has 0 bridgehead atoms. The first-order chi connectivity index (χ1) is 12.6. The molecule has 2 rings (SSSR count). The van der Waals surface area contributed by atoms with E-state index in [1.807, 2.05) is 58.0 Å². The Morgan fingerprint density at radius 3 is 2.37 bits per heavy atom. The fraction of sp³-hybridized carbons (Fsp3) is 0.381. The Kier molecular flexibility index (Phi) is 6.65. The fourth-order valence-electron chi connectivity index (χ4n) is 3.10. The van der Waals surface area contributed by atoms with E-state index in [1.165, 1.54) is 4.31 Å². The molecule has 6 heteroatoms. The highest BCUT2D eigenvalue weighted by Gasteiger charge is 2.24. The van der Waals surface area contributed by atoms with Crippen LogP contribution in [0, 0.1) is 6.92 Å². The Morgan fingerprint density at radius 2 is 1.78 bits per heavy atom. The molecule has 146 valence electrons. The van der Waals surface area contributed by atoms with Crippen LogP contribution in [0.25, 0.3) is 0 Å². The minimum atomic E-state index is -3.61. The van der Waals surface area contributed by atoms with Crippen molar-refractivity contribution in [3.8, 4) is 0 Å². The molecule has 0 aliphatic carbocycles. The number of rotatable bonds is 7. The highest BCUT2D eigenvalue weighted by atomic mass is 32.2. The molecule has 1 N–H and O–H groups in total. The molecular formula is C21H28N2O3S. The lowest BCUT2D eigenvalue weighted by Gasteiger charge is -2.26. The predicted octanol–water partition coefficient (Wildman–Crippen LogP) is 4.09. The molecule has 5 nitrogen and oxygen atoms in total. The van der Waals surface area contributed by atoms with Crippen molar-refractivity contribution in [1.82, 2.24) is 0 Å². The zero-order valence-corrected chi connectivity index (χ0v) is 17.4. The lowest BCUT2D eigenvalue weighted by Crippen LogP contribution is -2.38. The number of amides is 1. The van der Waals surface area contributed by atoms with Gasteiger partial charge in [-0.1, -0.05) is 57.2 Å². The van der Waals surface area contributed by atoms with Crippen LogP contribution in [-0.4, -0.2) is 27.1 Å². The van der Waals surface area contributed by atoms with Crippen molar-refractivity contribution in [2.24, 2.45) is 0 Å². The molecule has 0 aliphatic heterocycles. The Hall–Kier alpha value is -2.34. The number of nitrogens with one attached hydrogen (secondary N) is 1. The van der Waals surface area contributed by atoms with Crippen LogP contribution in [-0.2, 0) is 21.2 Å². The number of aryl methyl sites for hydroxylation is 2. The van der Waals surface area contributed by atoms with Crippen molar-refractivity contribution in [3.63, 3.8) is 0 Å². The van der Waals surface area contributed by atoms with Crippen LogP contribution in [0.5, 0.6) is 0 Å². The second kappa shape index (κ2) is 8.57. The van der Waals surface area contributed by atoms with Gasteiger partial charge in [0.2, 0.25) is 15.9 Å². The molecule has 0 aromatic heterocycles. The van der Waals surface area contributed by atoms with Crippen LogP contribution in [0.1, 0.15) is 43.4 Å². The Balaban J connectivity index is 2.35. The van der Waals surface area contributed by atoms with Gasteiger partial charge in [0, 0.05) is 5.69 Å². The summed E-state index contributed by atoms with van der Waals surface area (Å²) >= 11 is 0. The summed E-state index contributed by atoms with van der Waals surface area (Å²) in [6.45, 7) is 7.68. The van der Waals surface area contributed by atoms with Gasteiger partial charge in [0.15, 0.2) is 0 Å². The van der Waals surface area contributed by atoms with E-state index in [1.54, 1.807) is 12.1 Å². The summed E-state index contributed by atoms with van der Waals surface area (Å²) in [7, 11) is -3.61.